The highest BCUT2D eigenvalue weighted by molar-refractivity contribution is 6.11. The molecule has 6 aromatic rings. The first kappa shape index (κ1) is 48.5. The number of benzene rings is 3. The third-order valence-corrected chi connectivity index (χ3v) is 11.8. The minimum atomic E-state index is -0.500. The fourth-order valence-electron chi connectivity index (χ4n) is 7.76. The number of rotatable bonds is 17. The van der Waals surface area contributed by atoms with Crippen LogP contribution in [0.3, 0.4) is 0 Å². The summed E-state index contributed by atoms with van der Waals surface area (Å²) < 4.78 is 0. The number of aliphatic hydroxyl groups excluding tert-OH is 2. The van der Waals surface area contributed by atoms with Gasteiger partial charge in [-0.25, -0.2) is 9.97 Å². The van der Waals surface area contributed by atoms with Gasteiger partial charge in [0.25, 0.3) is 0 Å². The van der Waals surface area contributed by atoms with Crippen molar-refractivity contribution in [2.24, 2.45) is 4.99 Å². The Bertz CT molecular complexity index is 2800. The number of allylic oxidation sites excluding steroid dienone is 1. The number of likely N-dealkylation sites (N-methyl/N-ethyl adjacent to an activating group) is 2. The molecule has 0 aliphatic carbocycles. The molecule has 4 heterocycles. The predicted molar refractivity (Wildman–Crippen MR) is 268 cm³/mol. The highest BCUT2D eigenvalue weighted by Gasteiger charge is 2.16. The lowest BCUT2D eigenvalue weighted by Gasteiger charge is -2.21. The Morgan fingerprint density at radius 3 is 1.74 bits per heavy atom. The summed E-state index contributed by atoms with van der Waals surface area (Å²) in [5, 5.41) is 22.4. The van der Waals surface area contributed by atoms with Crippen molar-refractivity contribution in [2.45, 2.75) is 65.6 Å². The highest BCUT2D eigenvalue weighted by Crippen LogP contribution is 2.30. The summed E-state index contributed by atoms with van der Waals surface area (Å²) in [4.78, 5) is 45.4. The number of H-pyrrole nitrogens is 1. The van der Waals surface area contributed by atoms with Crippen molar-refractivity contribution in [1.82, 2.24) is 24.8 Å². The number of pyridine rings is 2. The second-order valence-corrected chi connectivity index (χ2v) is 16.1. The van der Waals surface area contributed by atoms with Gasteiger partial charge in [0.05, 0.1) is 41.6 Å². The van der Waals surface area contributed by atoms with E-state index in [0.717, 1.165) is 70.2 Å². The average molecular weight is 885 g/mol. The third-order valence-electron chi connectivity index (χ3n) is 11.8. The second kappa shape index (κ2) is 23.8. The summed E-state index contributed by atoms with van der Waals surface area (Å²) >= 11 is 0. The predicted octanol–water partition coefficient (Wildman–Crippen LogP) is 7.56. The van der Waals surface area contributed by atoms with Crippen LogP contribution >= 0.6 is 0 Å². The number of aliphatic imine (C=N–C) groups is 1. The molecule has 0 radical (unpaired) electrons. The molecule has 0 fully saturated rings. The number of fused-ring (bicyclic) bond motifs is 3. The number of hydrogen-bond donors (Lipinski definition) is 5. The fourth-order valence-corrected chi connectivity index (χ4v) is 7.76. The maximum absolute atomic E-state index is 12.6. The molecule has 66 heavy (non-hydrogen) atoms. The first-order valence-corrected chi connectivity index (χ1v) is 22.7. The van der Waals surface area contributed by atoms with Crippen molar-refractivity contribution < 1.29 is 19.8 Å². The van der Waals surface area contributed by atoms with Crippen molar-refractivity contribution in [2.75, 3.05) is 57.3 Å². The van der Waals surface area contributed by atoms with Gasteiger partial charge in [-0.2, -0.15) is 0 Å². The van der Waals surface area contributed by atoms with Gasteiger partial charge in [0, 0.05) is 82.4 Å². The summed E-state index contributed by atoms with van der Waals surface area (Å²) in [6, 6.07) is 24.4. The van der Waals surface area contributed by atoms with Crippen LogP contribution in [0.25, 0.3) is 27.4 Å². The molecule has 12 heteroatoms. The molecular formula is C54H60N8O4. The minimum absolute atomic E-state index is 0.0232. The van der Waals surface area contributed by atoms with Gasteiger partial charge < -0.3 is 36.5 Å². The minimum Gasteiger partial charge on any atom is -0.392 e. The summed E-state index contributed by atoms with van der Waals surface area (Å²) in [7, 11) is 0. The number of carbonyl (C=O) groups excluding carboxylic acids is 2. The number of aromatic amines is 1. The standard InChI is InChI=1S/C28H30N4O2.C26H30N4O2/c1-3-32(4-2)18-21(33)14-16-26(34)20-12-9-19(10-13-20)11-15-23-27-22-7-5-6-8-24(22)31-25(27)17-30-28(23)29;1-3-30(4-2)18-22(31)10-12-25(32)20-8-5-19(6-9-20)7-11-24-23(14-16-29-26(24)27)21-13-15-28-17-21/h5-10,12-13,17,21,31,33H,3-4,14,16,18H2,1-2H3,(H2,29,30);5-6,8-9,13-16,22,31H,3-4,10,12,17-18H2,1-2H3,(H2,27,29). The Labute approximate surface area is 387 Å². The van der Waals surface area contributed by atoms with Crippen LogP contribution < -0.4 is 11.5 Å². The van der Waals surface area contributed by atoms with E-state index in [9.17, 15) is 19.8 Å². The molecule has 7 N–H and O–H groups in total. The van der Waals surface area contributed by atoms with E-state index in [1.165, 1.54) is 0 Å². The van der Waals surface area contributed by atoms with E-state index >= 15 is 0 Å². The molecule has 0 saturated carbocycles. The quantitative estimate of drug-likeness (QED) is 0.0452. The Morgan fingerprint density at radius 1 is 0.682 bits per heavy atom. The Balaban J connectivity index is 0.000000219. The molecule has 0 spiro atoms. The monoisotopic (exact) mass is 884 g/mol. The lowest BCUT2D eigenvalue weighted by atomic mass is 10.0. The molecule has 340 valence electrons. The van der Waals surface area contributed by atoms with E-state index in [2.05, 4.69) is 81.1 Å². The van der Waals surface area contributed by atoms with Gasteiger partial charge in [-0.1, -0.05) is 93.8 Å². The summed E-state index contributed by atoms with van der Waals surface area (Å²) in [6.07, 6.45) is 7.70. The number of hydrogen-bond acceptors (Lipinski definition) is 11. The molecule has 1 aliphatic rings. The SMILES string of the molecule is CCN(CC)CC(O)CCC(=O)c1ccc(C#Cc2c(C3=CC=NC3)ccnc2N)cc1.CCN(CC)CC(O)CCC(=O)c1ccc(C#Cc2c(N)ncc3[nH]c4ccccc4c23)cc1. The Hall–Kier alpha value is -6.93. The van der Waals surface area contributed by atoms with Crippen LogP contribution in [-0.2, 0) is 0 Å². The normalized spacial score (nSPS) is 12.8. The number of para-hydroxylation sites is 1. The smallest absolute Gasteiger partial charge is 0.162 e. The molecule has 0 amide bonds. The maximum Gasteiger partial charge on any atom is 0.162 e. The van der Waals surface area contributed by atoms with E-state index in [-0.39, 0.29) is 11.6 Å². The fraction of sp³-hybridized carbons (Fsp3) is 0.315. The molecule has 1 aliphatic heterocycles. The average Bonchev–Trinajstić information content (AvgIpc) is 4.02. The number of nitrogens with two attached hydrogens (primary N) is 2. The number of carbonyl (C=O) groups is 2. The number of anilines is 2. The van der Waals surface area contributed by atoms with Gasteiger partial charge in [0.1, 0.15) is 11.6 Å². The van der Waals surface area contributed by atoms with Crippen LogP contribution in [0.2, 0.25) is 0 Å². The molecule has 3 aromatic carbocycles. The largest absolute Gasteiger partial charge is 0.392 e. The van der Waals surface area contributed by atoms with Crippen molar-refractivity contribution in [1.29, 1.82) is 0 Å². The van der Waals surface area contributed by atoms with Crippen LogP contribution in [0.1, 0.15) is 102 Å². The summed E-state index contributed by atoms with van der Waals surface area (Å²) in [5.41, 5.74) is 20.4. The van der Waals surface area contributed by atoms with Gasteiger partial charge in [-0.3, -0.25) is 14.6 Å². The van der Waals surface area contributed by atoms with Crippen LogP contribution in [0, 0.1) is 23.7 Å². The molecule has 3 aromatic heterocycles. The molecule has 0 saturated heterocycles. The van der Waals surface area contributed by atoms with E-state index in [4.69, 9.17) is 11.5 Å². The number of nitrogen functional groups attached to an aromatic ring is 2. The zero-order chi connectivity index (χ0) is 47.0. The number of ketones is 2. The van der Waals surface area contributed by atoms with Gasteiger partial charge in [0.2, 0.25) is 0 Å². The van der Waals surface area contributed by atoms with Gasteiger partial charge >= 0.3 is 0 Å². The highest BCUT2D eigenvalue weighted by atomic mass is 16.3. The Kier molecular flexibility index (Phi) is 17.5. The third kappa shape index (κ3) is 12.9. The number of aliphatic hydroxyl groups is 2. The van der Waals surface area contributed by atoms with Crippen LogP contribution in [0.4, 0.5) is 11.6 Å². The van der Waals surface area contributed by atoms with Gasteiger partial charge in [-0.05, 0) is 87.1 Å². The van der Waals surface area contributed by atoms with E-state index in [1.807, 2.05) is 60.7 Å². The molecule has 2 unspecified atom stereocenters. The zero-order valence-corrected chi connectivity index (χ0v) is 38.3. The van der Waals surface area contributed by atoms with Crippen molar-refractivity contribution >= 4 is 56.8 Å². The molecule has 2 atom stereocenters. The van der Waals surface area contributed by atoms with Gasteiger partial charge in [-0.15, -0.1) is 0 Å². The van der Waals surface area contributed by atoms with E-state index in [0.29, 0.717) is 79.2 Å². The van der Waals surface area contributed by atoms with Gasteiger partial charge in [0.15, 0.2) is 11.6 Å². The molecule has 0 bridgehead atoms. The van der Waals surface area contributed by atoms with E-state index in [1.54, 1.807) is 42.9 Å². The molecule has 12 nitrogen and oxygen atoms in total. The number of aromatic nitrogens is 3. The van der Waals surface area contributed by atoms with Crippen LogP contribution in [0.15, 0.2) is 102 Å². The van der Waals surface area contributed by atoms with Crippen LogP contribution in [-0.4, -0.2) is 111 Å². The summed E-state index contributed by atoms with van der Waals surface area (Å²) in [5.74, 6) is 13.4. The first-order chi connectivity index (χ1) is 32.0. The van der Waals surface area contributed by atoms with Crippen LogP contribution in [0.5, 0.6) is 0 Å². The zero-order valence-electron chi connectivity index (χ0n) is 38.3. The van der Waals surface area contributed by atoms with E-state index < -0.39 is 12.2 Å². The lowest BCUT2D eigenvalue weighted by Crippen LogP contribution is -2.32. The van der Waals surface area contributed by atoms with Crippen molar-refractivity contribution in [3.8, 4) is 23.7 Å². The maximum atomic E-state index is 12.6. The summed E-state index contributed by atoms with van der Waals surface area (Å²) in [6.45, 7) is 13.6. The lowest BCUT2D eigenvalue weighted by molar-refractivity contribution is 0.0874. The van der Waals surface area contributed by atoms with Crippen molar-refractivity contribution in [3.63, 3.8) is 0 Å². The Morgan fingerprint density at radius 2 is 1.21 bits per heavy atom. The number of Topliss-reactive ketones (excluding diaryl/α,β-unsaturated/α-hetero) is 2. The number of nitrogens with one attached hydrogen (secondary N) is 1. The first-order valence-electron chi connectivity index (χ1n) is 22.7. The molecule has 7 rings (SSSR count). The van der Waals surface area contributed by atoms with Crippen molar-refractivity contribution in [3.05, 3.63) is 136 Å². The topological polar surface area (TPSA) is 187 Å². The molecular weight excluding hydrogens is 825 g/mol. The number of nitrogens with zero attached hydrogens (tertiary/aromatic N) is 5. The second-order valence-electron chi connectivity index (χ2n) is 16.1.